The Labute approximate surface area is 209 Å². The topological polar surface area (TPSA) is 124 Å². The van der Waals surface area contributed by atoms with E-state index in [1.54, 1.807) is 7.11 Å². The van der Waals surface area contributed by atoms with Crippen LogP contribution in [0.5, 0.6) is 0 Å². The highest BCUT2D eigenvalue weighted by Gasteiger charge is 2.40. The molecule has 1 atom stereocenters. The predicted molar refractivity (Wildman–Crippen MR) is 140 cm³/mol. The molecule has 3 aliphatic rings. The van der Waals surface area contributed by atoms with Crippen LogP contribution in [0.4, 0.5) is 17.3 Å². The molecule has 10 heteroatoms. The number of methoxy groups -OCH3 is 1. The summed E-state index contributed by atoms with van der Waals surface area (Å²) < 4.78 is 5.69. The number of ether oxygens (including phenoxy) is 1. The highest BCUT2D eigenvalue weighted by molar-refractivity contribution is 5.95. The summed E-state index contributed by atoms with van der Waals surface area (Å²) in [5.74, 6) is 2.35. The molecule has 0 amide bonds. The third-order valence-corrected chi connectivity index (χ3v) is 8.07. The number of anilines is 2. The first-order valence-electron chi connectivity index (χ1n) is 13.0. The molecule has 1 aromatic heterocycles. The molecule has 0 radical (unpaired) electrons. The maximum atomic E-state index is 9.27. The van der Waals surface area contributed by atoms with E-state index in [0.717, 1.165) is 32.0 Å². The van der Waals surface area contributed by atoms with Gasteiger partial charge in [-0.1, -0.05) is 30.8 Å². The molecule has 4 N–H and O–H groups in total. The third-order valence-electron chi connectivity index (χ3n) is 8.07. The number of hydrogen-bond acceptors (Lipinski definition) is 9. The van der Waals surface area contributed by atoms with Gasteiger partial charge < -0.3 is 25.9 Å². The molecule has 0 aromatic carbocycles. The molecule has 10 nitrogen and oxygen atoms in total. The molecule has 2 heterocycles. The van der Waals surface area contributed by atoms with Crippen LogP contribution < -0.4 is 16.0 Å². The van der Waals surface area contributed by atoms with E-state index < -0.39 is 0 Å². The van der Waals surface area contributed by atoms with Crippen LogP contribution in [0.2, 0.25) is 0 Å². The van der Waals surface area contributed by atoms with Crippen LogP contribution in [0, 0.1) is 11.8 Å². The Bertz CT molecular complexity index is 907. The van der Waals surface area contributed by atoms with E-state index in [0.29, 0.717) is 23.5 Å². The summed E-state index contributed by atoms with van der Waals surface area (Å²) in [4.78, 5) is 18.3. The van der Waals surface area contributed by atoms with Crippen molar-refractivity contribution in [1.29, 1.82) is 0 Å². The summed E-state index contributed by atoms with van der Waals surface area (Å²) >= 11 is 0. The highest BCUT2D eigenvalue weighted by Crippen LogP contribution is 2.39. The first-order valence-corrected chi connectivity index (χ1v) is 13.0. The number of likely N-dealkylation sites (tertiary alicyclic amines) is 1. The van der Waals surface area contributed by atoms with E-state index in [-0.39, 0.29) is 23.3 Å². The van der Waals surface area contributed by atoms with Crippen molar-refractivity contribution in [3.63, 3.8) is 0 Å². The normalized spacial score (nSPS) is 22.2. The Kier molecular flexibility index (Phi) is 8.11. The Balaban J connectivity index is 1.69. The number of nitrogens with zero attached hydrogens (tertiary/aromatic N) is 6. The Hall–Kier alpha value is -2.46. The Morgan fingerprint density at radius 3 is 2.54 bits per heavy atom. The second kappa shape index (κ2) is 11.1. The molecule has 0 spiro atoms. The number of nitrogens with one attached hydrogen (secondary N) is 1. The van der Waals surface area contributed by atoms with Gasteiger partial charge in [-0.2, -0.15) is 0 Å². The first-order chi connectivity index (χ1) is 16.9. The average molecular weight is 487 g/mol. The van der Waals surface area contributed by atoms with Crippen molar-refractivity contribution >= 4 is 29.9 Å². The number of aliphatic imine (C=N–C) groups is 1. The van der Waals surface area contributed by atoms with Gasteiger partial charge in [-0.15, -0.1) is 0 Å². The lowest BCUT2D eigenvalue weighted by Crippen LogP contribution is -2.63. The molecule has 2 saturated carbocycles. The van der Waals surface area contributed by atoms with Gasteiger partial charge >= 0.3 is 0 Å². The quantitative estimate of drug-likeness (QED) is 0.188. The van der Waals surface area contributed by atoms with Crippen LogP contribution in [0.15, 0.2) is 10.1 Å². The van der Waals surface area contributed by atoms with Crippen LogP contribution in [-0.4, -0.2) is 77.7 Å². The monoisotopic (exact) mass is 486 g/mol. The zero-order chi connectivity index (χ0) is 25.0. The minimum atomic E-state index is -0.141. The summed E-state index contributed by atoms with van der Waals surface area (Å²) in [6, 6.07) is 0.243. The summed E-state index contributed by atoms with van der Waals surface area (Å²) in [7, 11) is 1.78. The van der Waals surface area contributed by atoms with Crippen LogP contribution in [0.3, 0.4) is 0 Å². The Morgan fingerprint density at radius 2 is 1.97 bits per heavy atom. The number of amidine groups is 1. The van der Waals surface area contributed by atoms with E-state index in [1.165, 1.54) is 51.4 Å². The van der Waals surface area contributed by atoms with Crippen molar-refractivity contribution in [2.45, 2.75) is 76.9 Å². The van der Waals surface area contributed by atoms with Gasteiger partial charge in [0.2, 0.25) is 11.7 Å². The van der Waals surface area contributed by atoms with Crippen molar-refractivity contribution in [1.82, 2.24) is 14.9 Å². The van der Waals surface area contributed by atoms with Crippen molar-refractivity contribution in [3.8, 4) is 0 Å². The van der Waals surface area contributed by atoms with E-state index >= 15 is 0 Å². The molecule has 0 bridgehead atoms. The fourth-order valence-electron chi connectivity index (χ4n) is 5.65. The maximum Gasteiger partial charge on any atom is 0.208 e. The molecular weight excluding hydrogens is 444 g/mol. The van der Waals surface area contributed by atoms with Crippen LogP contribution in [-0.2, 0) is 4.74 Å². The molecule has 2 aliphatic carbocycles. The zero-order valence-electron chi connectivity index (χ0n) is 21.5. The number of oxime groups is 1. The largest absolute Gasteiger partial charge is 0.409 e. The average Bonchev–Trinajstić information content (AvgIpc) is 2.80. The summed E-state index contributed by atoms with van der Waals surface area (Å²) in [6.07, 6.45) is 10.0. The van der Waals surface area contributed by atoms with E-state index in [9.17, 15) is 5.21 Å². The van der Waals surface area contributed by atoms with Gasteiger partial charge in [0.05, 0.1) is 12.3 Å². The number of hydrogen-bond donors (Lipinski definition) is 3. The minimum absolute atomic E-state index is 0.109. The second-order valence-corrected chi connectivity index (χ2v) is 10.8. The molecule has 0 unspecified atom stereocenters. The molecule has 1 aliphatic heterocycles. The lowest BCUT2D eigenvalue weighted by atomic mass is 9.80. The molecule has 35 heavy (non-hydrogen) atoms. The van der Waals surface area contributed by atoms with Gasteiger partial charge in [-0.3, -0.25) is 4.90 Å². The second-order valence-electron chi connectivity index (χ2n) is 10.8. The fourth-order valence-corrected chi connectivity index (χ4v) is 5.65. The highest BCUT2D eigenvalue weighted by atomic mass is 16.5. The predicted octanol–water partition coefficient (Wildman–Crippen LogP) is 3.57. The first kappa shape index (κ1) is 25.6. The van der Waals surface area contributed by atoms with Gasteiger partial charge in [-0.25, -0.2) is 15.0 Å². The van der Waals surface area contributed by atoms with E-state index in [2.05, 4.69) is 50.8 Å². The van der Waals surface area contributed by atoms with Crippen molar-refractivity contribution < 1.29 is 9.94 Å². The Morgan fingerprint density at radius 1 is 1.26 bits per heavy atom. The number of rotatable bonds is 11. The summed E-state index contributed by atoms with van der Waals surface area (Å²) in [5, 5.41) is 16.0. The van der Waals surface area contributed by atoms with Crippen molar-refractivity contribution in [2.75, 3.05) is 43.6 Å². The fraction of sp³-hybridized carbons (Fsp3) is 0.760. The molecule has 1 aromatic rings. The summed E-state index contributed by atoms with van der Waals surface area (Å²) in [5.41, 5.74) is 6.63. The van der Waals surface area contributed by atoms with E-state index in [4.69, 9.17) is 15.5 Å². The van der Waals surface area contributed by atoms with Crippen LogP contribution in [0.25, 0.3) is 0 Å². The molecule has 1 saturated heterocycles. The molecule has 194 valence electrons. The molecule has 4 rings (SSSR count). The maximum absolute atomic E-state index is 9.27. The molecular formula is C25H42N8O2. The summed E-state index contributed by atoms with van der Waals surface area (Å²) in [6.45, 7) is 11.5. The lowest BCUT2D eigenvalue weighted by molar-refractivity contribution is -0.110. The minimum Gasteiger partial charge on any atom is -0.409 e. The van der Waals surface area contributed by atoms with Gasteiger partial charge in [0.1, 0.15) is 5.69 Å². The van der Waals surface area contributed by atoms with Gasteiger partial charge in [0, 0.05) is 32.8 Å². The number of aromatic nitrogens is 2. The number of nitrogens with two attached hydrogens (primary N) is 1. The van der Waals surface area contributed by atoms with Crippen LogP contribution in [0.1, 0.15) is 71.0 Å². The van der Waals surface area contributed by atoms with Gasteiger partial charge in [0.25, 0.3) is 0 Å². The molecule has 3 fully saturated rings. The van der Waals surface area contributed by atoms with Crippen molar-refractivity contribution in [3.05, 3.63) is 5.82 Å². The lowest BCUT2D eigenvalue weighted by Gasteiger charge is -2.49. The van der Waals surface area contributed by atoms with E-state index in [1.807, 2.05) is 0 Å². The van der Waals surface area contributed by atoms with Gasteiger partial charge in [0.15, 0.2) is 11.6 Å². The van der Waals surface area contributed by atoms with Crippen molar-refractivity contribution in [2.24, 2.45) is 27.7 Å². The standard InChI is InChI=1S/C25H42N8O2/c1-17(19-11-8-12-19)28-23-20(22(27-3)29-24(30-23)21(26)31-34)33(13-18-9-6-5-7-10-18)16-32-14-25(2,15-32)35-4/h17-19,34H,3,5-16H2,1-2,4H3,(H2,26,31)(H,28,29,30)/t17-/m1/s1. The van der Waals surface area contributed by atoms with Crippen LogP contribution >= 0.6 is 0 Å². The third kappa shape index (κ3) is 5.86. The SMILES string of the molecule is C=Nc1nc(/C(N)=N/O)nc(N[C@H](C)C2CCC2)c1N(CC1CCCCC1)CN1CC(C)(OC)C1. The smallest absolute Gasteiger partial charge is 0.208 e. The zero-order valence-corrected chi connectivity index (χ0v) is 21.5. The van der Waals surface area contributed by atoms with Gasteiger partial charge in [-0.05, 0) is 58.1 Å².